The first kappa shape index (κ1) is 14.0. The van der Waals surface area contributed by atoms with Gasteiger partial charge < -0.3 is 14.7 Å². The Balaban J connectivity index is 3.04. The molecule has 0 aliphatic carbocycles. The highest BCUT2D eigenvalue weighted by atomic mass is 79.9. The van der Waals surface area contributed by atoms with E-state index in [1.54, 1.807) is 20.2 Å². The van der Waals surface area contributed by atoms with Crippen LogP contribution in [0.25, 0.3) is 0 Å². The van der Waals surface area contributed by atoms with E-state index >= 15 is 0 Å². The zero-order chi connectivity index (χ0) is 13.0. The Bertz CT molecular complexity index is 409. The molecule has 1 aromatic rings. The van der Waals surface area contributed by atoms with E-state index in [2.05, 4.69) is 15.9 Å². The second-order valence-corrected chi connectivity index (χ2v) is 4.58. The van der Waals surface area contributed by atoms with Crippen molar-refractivity contribution < 1.29 is 14.6 Å². The average molecular weight is 302 g/mol. The van der Waals surface area contributed by atoms with Crippen molar-refractivity contribution in [3.8, 4) is 5.75 Å². The first-order valence-corrected chi connectivity index (χ1v) is 5.98. The number of ether oxygens (including phenoxy) is 1. The lowest BCUT2D eigenvalue weighted by molar-refractivity contribution is -0.130. The summed E-state index contributed by atoms with van der Waals surface area (Å²) in [4.78, 5) is 12.8. The molecule has 1 atom stereocenters. The van der Waals surface area contributed by atoms with Crippen LogP contribution in [0.2, 0.25) is 0 Å². The summed E-state index contributed by atoms with van der Waals surface area (Å²) in [6.07, 6.45) is 0. The van der Waals surface area contributed by atoms with Crippen LogP contribution >= 0.6 is 15.9 Å². The Morgan fingerprint density at radius 2 is 2.24 bits per heavy atom. The number of halogens is 1. The van der Waals surface area contributed by atoms with Gasteiger partial charge in [0.1, 0.15) is 5.75 Å². The molecule has 17 heavy (non-hydrogen) atoms. The molecule has 94 valence electrons. The molecule has 0 aliphatic heterocycles. The van der Waals surface area contributed by atoms with Gasteiger partial charge in [-0.2, -0.15) is 0 Å². The Kier molecular flexibility index (Phi) is 4.96. The molecule has 1 rings (SSSR count). The maximum atomic E-state index is 11.3. The number of aliphatic hydroxyl groups excluding tert-OH is 1. The number of carbonyl (C=O) groups is 1. The van der Waals surface area contributed by atoms with E-state index in [0.29, 0.717) is 0 Å². The highest BCUT2D eigenvalue weighted by Gasteiger charge is 2.19. The lowest BCUT2D eigenvalue weighted by atomic mass is 10.1. The predicted octanol–water partition coefficient (Wildman–Crippen LogP) is 1.97. The van der Waals surface area contributed by atoms with Crippen LogP contribution in [-0.2, 0) is 4.79 Å². The molecule has 0 fully saturated rings. The van der Waals surface area contributed by atoms with E-state index in [1.807, 2.05) is 12.1 Å². The molecule has 0 aliphatic rings. The zero-order valence-corrected chi connectivity index (χ0v) is 11.7. The Morgan fingerprint density at radius 1 is 1.59 bits per heavy atom. The number of amides is 1. The average Bonchev–Trinajstić information content (AvgIpc) is 2.30. The minimum atomic E-state index is -0.338. The maximum Gasteiger partial charge on any atom is 0.219 e. The lowest BCUT2D eigenvalue weighted by Crippen LogP contribution is -2.31. The lowest BCUT2D eigenvalue weighted by Gasteiger charge is -2.26. The third-order valence-electron chi connectivity index (χ3n) is 2.70. The summed E-state index contributed by atoms with van der Waals surface area (Å²) in [5.41, 5.74) is 0.859. The van der Waals surface area contributed by atoms with Gasteiger partial charge in [0.25, 0.3) is 0 Å². The van der Waals surface area contributed by atoms with Gasteiger partial charge in [-0.05, 0) is 33.6 Å². The van der Waals surface area contributed by atoms with Gasteiger partial charge in [-0.3, -0.25) is 4.79 Å². The smallest absolute Gasteiger partial charge is 0.219 e. The molecule has 0 radical (unpaired) electrons. The van der Waals surface area contributed by atoms with E-state index in [4.69, 9.17) is 4.74 Å². The first-order chi connectivity index (χ1) is 8.01. The molecule has 1 unspecified atom stereocenters. The largest absolute Gasteiger partial charge is 0.496 e. The van der Waals surface area contributed by atoms with Crippen LogP contribution in [0.5, 0.6) is 5.75 Å². The molecule has 1 amide bonds. The van der Waals surface area contributed by atoms with E-state index in [-0.39, 0.29) is 18.6 Å². The van der Waals surface area contributed by atoms with Crippen molar-refractivity contribution >= 4 is 21.8 Å². The number of hydrogen-bond donors (Lipinski definition) is 1. The summed E-state index contributed by atoms with van der Waals surface area (Å²) in [5.74, 6) is 0.631. The number of likely N-dealkylation sites (N-methyl/N-ethyl adjacent to an activating group) is 1. The first-order valence-electron chi connectivity index (χ1n) is 5.19. The molecular formula is C12H16BrNO3. The van der Waals surface area contributed by atoms with E-state index < -0.39 is 0 Å². The van der Waals surface area contributed by atoms with Crippen LogP contribution in [-0.4, -0.2) is 36.7 Å². The van der Waals surface area contributed by atoms with Crippen LogP contribution < -0.4 is 4.74 Å². The quantitative estimate of drug-likeness (QED) is 0.925. The SMILES string of the molecule is COc1ccc(C(CO)N(C)C(C)=O)cc1Br. The zero-order valence-electron chi connectivity index (χ0n) is 10.1. The molecule has 0 bridgehead atoms. The van der Waals surface area contributed by atoms with Crippen molar-refractivity contribution in [2.45, 2.75) is 13.0 Å². The number of aliphatic hydroxyl groups is 1. The second-order valence-electron chi connectivity index (χ2n) is 3.72. The van der Waals surface area contributed by atoms with Gasteiger partial charge in [-0.1, -0.05) is 6.07 Å². The number of methoxy groups -OCH3 is 1. The standard InChI is InChI=1S/C12H16BrNO3/c1-8(16)14(2)11(7-15)9-4-5-12(17-3)10(13)6-9/h4-6,11,15H,7H2,1-3H3. The normalized spacial score (nSPS) is 12.1. The molecule has 0 heterocycles. The van der Waals surface area contributed by atoms with Crippen molar-refractivity contribution in [1.82, 2.24) is 4.90 Å². The van der Waals surface area contributed by atoms with Crippen molar-refractivity contribution in [3.05, 3.63) is 28.2 Å². The molecule has 1 N–H and O–H groups in total. The molecular weight excluding hydrogens is 286 g/mol. The summed E-state index contributed by atoms with van der Waals surface area (Å²) < 4.78 is 5.93. The summed E-state index contributed by atoms with van der Waals surface area (Å²) in [6.45, 7) is 1.36. The fourth-order valence-corrected chi connectivity index (χ4v) is 2.12. The molecule has 0 saturated carbocycles. The van der Waals surface area contributed by atoms with Crippen molar-refractivity contribution in [3.63, 3.8) is 0 Å². The van der Waals surface area contributed by atoms with Gasteiger partial charge in [0.05, 0.1) is 24.2 Å². The number of rotatable bonds is 4. The number of benzene rings is 1. The van der Waals surface area contributed by atoms with Gasteiger partial charge in [-0.15, -0.1) is 0 Å². The van der Waals surface area contributed by atoms with E-state index in [9.17, 15) is 9.90 Å². The van der Waals surface area contributed by atoms with Crippen molar-refractivity contribution in [2.75, 3.05) is 20.8 Å². The number of nitrogens with zero attached hydrogens (tertiary/aromatic N) is 1. The Labute approximate surface area is 109 Å². The van der Waals surface area contributed by atoms with Crippen LogP contribution in [0.15, 0.2) is 22.7 Å². The number of carbonyl (C=O) groups excluding carboxylic acids is 1. The van der Waals surface area contributed by atoms with Gasteiger partial charge in [0, 0.05) is 14.0 Å². The van der Waals surface area contributed by atoms with Crippen LogP contribution in [0, 0.1) is 0 Å². The minimum Gasteiger partial charge on any atom is -0.496 e. The van der Waals surface area contributed by atoms with E-state index in [0.717, 1.165) is 15.8 Å². The monoisotopic (exact) mass is 301 g/mol. The second kappa shape index (κ2) is 6.02. The predicted molar refractivity (Wildman–Crippen MR) is 69.0 cm³/mol. The highest BCUT2D eigenvalue weighted by Crippen LogP contribution is 2.29. The Morgan fingerprint density at radius 3 is 2.65 bits per heavy atom. The van der Waals surface area contributed by atoms with Crippen LogP contribution in [0.3, 0.4) is 0 Å². The molecule has 0 aromatic heterocycles. The van der Waals surface area contributed by atoms with Gasteiger partial charge in [0.15, 0.2) is 0 Å². The summed E-state index contributed by atoms with van der Waals surface area (Å²) in [6, 6.07) is 5.15. The highest BCUT2D eigenvalue weighted by molar-refractivity contribution is 9.10. The maximum absolute atomic E-state index is 11.3. The van der Waals surface area contributed by atoms with Crippen molar-refractivity contribution in [1.29, 1.82) is 0 Å². The molecule has 5 heteroatoms. The van der Waals surface area contributed by atoms with Crippen molar-refractivity contribution in [2.24, 2.45) is 0 Å². The van der Waals surface area contributed by atoms with Gasteiger partial charge in [-0.25, -0.2) is 0 Å². The molecule has 0 spiro atoms. The summed E-state index contributed by atoms with van der Waals surface area (Å²) >= 11 is 3.38. The number of hydrogen-bond acceptors (Lipinski definition) is 3. The van der Waals surface area contributed by atoms with Gasteiger partial charge in [0.2, 0.25) is 5.91 Å². The third kappa shape index (κ3) is 3.20. The molecule has 4 nitrogen and oxygen atoms in total. The summed E-state index contributed by atoms with van der Waals surface area (Å²) in [5, 5.41) is 9.38. The van der Waals surface area contributed by atoms with E-state index in [1.165, 1.54) is 11.8 Å². The topological polar surface area (TPSA) is 49.8 Å². The Hall–Kier alpha value is -1.07. The third-order valence-corrected chi connectivity index (χ3v) is 3.32. The fourth-order valence-electron chi connectivity index (χ4n) is 1.56. The molecule has 0 saturated heterocycles. The van der Waals surface area contributed by atoms with Gasteiger partial charge >= 0.3 is 0 Å². The fraction of sp³-hybridized carbons (Fsp3) is 0.417. The summed E-state index contributed by atoms with van der Waals surface area (Å²) in [7, 11) is 3.26. The van der Waals surface area contributed by atoms with Crippen LogP contribution in [0.1, 0.15) is 18.5 Å². The van der Waals surface area contributed by atoms with Crippen LogP contribution in [0.4, 0.5) is 0 Å². The minimum absolute atomic E-state index is 0.0870. The molecule has 1 aromatic carbocycles.